The molecule has 1 aliphatic heterocycles. The maximum atomic E-state index is 12.7. The lowest BCUT2D eigenvalue weighted by Crippen LogP contribution is -2.35. The quantitative estimate of drug-likeness (QED) is 0.779. The van der Waals surface area contributed by atoms with Crippen LogP contribution in [0.25, 0.3) is 0 Å². The summed E-state index contributed by atoms with van der Waals surface area (Å²) in [6.45, 7) is 3.50. The van der Waals surface area contributed by atoms with Crippen molar-refractivity contribution >= 4 is 5.91 Å². The van der Waals surface area contributed by atoms with Crippen LogP contribution in [-0.4, -0.2) is 46.9 Å². The average molecular weight is 391 g/mol. The molecule has 0 bridgehead atoms. The number of alkyl halides is 3. The predicted molar refractivity (Wildman–Crippen MR) is 100 cm³/mol. The van der Waals surface area contributed by atoms with Crippen molar-refractivity contribution in [3.8, 4) is 0 Å². The molecule has 1 amide bonds. The Morgan fingerprint density at radius 2 is 1.79 bits per heavy atom. The Morgan fingerprint density at radius 1 is 1.00 bits per heavy atom. The van der Waals surface area contributed by atoms with Gasteiger partial charge in [-0.25, -0.2) is 0 Å². The zero-order valence-corrected chi connectivity index (χ0v) is 15.7. The van der Waals surface area contributed by atoms with E-state index in [-0.39, 0.29) is 5.91 Å². The summed E-state index contributed by atoms with van der Waals surface area (Å²) in [6, 6.07) is 9.15. The Hall–Kier alpha value is -2.41. The van der Waals surface area contributed by atoms with Gasteiger partial charge >= 0.3 is 6.18 Å². The number of hydrogen-bond acceptors (Lipinski definition) is 3. The lowest BCUT2D eigenvalue weighted by atomic mass is 10.1. The van der Waals surface area contributed by atoms with E-state index in [4.69, 9.17) is 0 Å². The van der Waals surface area contributed by atoms with Gasteiger partial charge in [-0.2, -0.15) is 13.2 Å². The van der Waals surface area contributed by atoms with Crippen molar-refractivity contribution in [1.82, 2.24) is 14.8 Å². The van der Waals surface area contributed by atoms with Crippen molar-refractivity contribution in [2.24, 2.45) is 0 Å². The summed E-state index contributed by atoms with van der Waals surface area (Å²) < 4.78 is 38.0. The molecule has 3 rings (SSSR count). The third-order valence-electron chi connectivity index (χ3n) is 4.98. The first kappa shape index (κ1) is 20.3. The highest BCUT2D eigenvalue weighted by Gasteiger charge is 2.30. The normalized spacial score (nSPS) is 16.0. The lowest BCUT2D eigenvalue weighted by Gasteiger charge is -2.22. The first-order valence-electron chi connectivity index (χ1n) is 9.47. The van der Waals surface area contributed by atoms with Crippen LogP contribution >= 0.6 is 0 Å². The summed E-state index contributed by atoms with van der Waals surface area (Å²) in [4.78, 5) is 20.6. The monoisotopic (exact) mass is 391 g/mol. The van der Waals surface area contributed by atoms with Crippen LogP contribution in [0.4, 0.5) is 13.2 Å². The zero-order valence-electron chi connectivity index (χ0n) is 15.7. The van der Waals surface area contributed by atoms with Gasteiger partial charge in [0.2, 0.25) is 5.91 Å². The van der Waals surface area contributed by atoms with Crippen LogP contribution in [0.5, 0.6) is 0 Å². The molecule has 0 unspecified atom stereocenters. The molecule has 150 valence electrons. The standard InChI is InChI=1S/C21H24F3N3O/c22-21(23,24)19-7-4-18(5-8-19)16-26-11-2-12-27(14-13-26)20(28)9-6-17-3-1-10-25-15-17/h1,3-5,7-8,10,15H,2,6,9,11-14,16H2. The summed E-state index contributed by atoms with van der Waals surface area (Å²) in [6.07, 6.45) is 1.19. The van der Waals surface area contributed by atoms with Crippen LogP contribution in [0.15, 0.2) is 48.8 Å². The van der Waals surface area contributed by atoms with Crippen LogP contribution in [0.3, 0.4) is 0 Å². The van der Waals surface area contributed by atoms with Gasteiger partial charge in [-0.1, -0.05) is 18.2 Å². The first-order valence-corrected chi connectivity index (χ1v) is 9.47. The highest BCUT2D eigenvalue weighted by molar-refractivity contribution is 5.76. The molecule has 1 aromatic heterocycles. The second-order valence-electron chi connectivity index (χ2n) is 7.07. The number of benzene rings is 1. The molecule has 4 nitrogen and oxygen atoms in total. The molecular weight excluding hydrogens is 367 g/mol. The van der Waals surface area contributed by atoms with E-state index in [0.717, 1.165) is 49.3 Å². The van der Waals surface area contributed by atoms with Gasteiger partial charge < -0.3 is 4.90 Å². The van der Waals surface area contributed by atoms with Gasteiger partial charge in [0.15, 0.2) is 0 Å². The summed E-state index contributed by atoms with van der Waals surface area (Å²) in [5.41, 5.74) is 1.27. The van der Waals surface area contributed by atoms with E-state index in [9.17, 15) is 18.0 Å². The van der Waals surface area contributed by atoms with Gasteiger partial charge in [-0.3, -0.25) is 14.7 Å². The minimum Gasteiger partial charge on any atom is -0.341 e. The third kappa shape index (κ3) is 5.79. The number of halogens is 3. The summed E-state index contributed by atoms with van der Waals surface area (Å²) in [5, 5.41) is 0. The van der Waals surface area contributed by atoms with Gasteiger partial charge in [0.1, 0.15) is 0 Å². The first-order chi connectivity index (χ1) is 13.4. The van der Waals surface area contributed by atoms with E-state index < -0.39 is 11.7 Å². The van der Waals surface area contributed by atoms with E-state index in [1.54, 1.807) is 12.4 Å². The van der Waals surface area contributed by atoms with E-state index >= 15 is 0 Å². The predicted octanol–water partition coefficient (Wildman–Crippen LogP) is 3.77. The Balaban J connectivity index is 1.48. The molecule has 0 spiro atoms. The number of carbonyl (C=O) groups is 1. The number of hydrogen-bond donors (Lipinski definition) is 0. The number of pyridine rings is 1. The number of carbonyl (C=O) groups excluding carboxylic acids is 1. The number of amides is 1. The van der Waals surface area contributed by atoms with Crippen molar-refractivity contribution in [3.05, 3.63) is 65.5 Å². The minimum atomic E-state index is -4.31. The number of rotatable bonds is 5. The molecule has 1 aliphatic rings. The Morgan fingerprint density at radius 3 is 2.46 bits per heavy atom. The molecule has 0 aliphatic carbocycles. The fourth-order valence-electron chi connectivity index (χ4n) is 3.39. The second-order valence-corrected chi connectivity index (χ2v) is 7.07. The Labute approximate surface area is 163 Å². The summed E-state index contributed by atoms with van der Waals surface area (Å²) >= 11 is 0. The molecule has 0 radical (unpaired) electrons. The fraction of sp³-hybridized carbons (Fsp3) is 0.429. The smallest absolute Gasteiger partial charge is 0.341 e. The molecule has 1 fully saturated rings. The van der Waals surface area contributed by atoms with Gasteiger partial charge in [-0.05, 0) is 42.2 Å². The van der Waals surface area contributed by atoms with E-state index in [0.29, 0.717) is 25.9 Å². The van der Waals surface area contributed by atoms with Crippen LogP contribution in [0.2, 0.25) is 0 Å². The lowest BCUT2D eigenvalue weighted by molar-refractivity contribution is -0.137. The summed E-state index contributed by atoms with van der Waals surface area (Å²) in [5.74, 6) is 0.139. The molecule has 0 saturated carbocycles. The van der Waals surface area contributed by atoms with Crippen molar-refractivity contribution in [3.63, 3.8) is 0 Å². The molecule has 7 heteroatoms. The molecule has 0 N–H and O–H groups in total. The number of aromatic nitrogens is 1. The van der Waals surface area contributed by atoms with Crippen LogP contribution in [0.1, 0.15) is 29.5 Å². The van der Waals surface area contributed by atoms with Crippen LogP contribution in [0, 0.1) is 0 Å². The third-order valence-corrected chi connectivity index (χ3v) is 4.98. The van der Waals surface area contributed by atoms with Gasteiger partial charge in [0.25, 0.3) is 0 Å². The highest BCUT2D eigenvalue weighted by atomic mass is 19.4. The van der Waals surface area contributed by atoms with E-state index in [1.807, 2.05) is 17.0 Å². The van der Waals surface area contributed by atoms with Gasteiger partial charge in [0, 0.05) is 51.5 Å². The van der Waals surface area contributed by atoms with Crippen molar-refractivity contribution in [2.45, 2.75) is 32.0 Å². The SMILES string of the molecule is O=C(CCc1cccnc1)N1CCCN(Cc2ccc(C(F)(F)F)cc2)CC1. The van der Waals surface area contributed by atoms with E-state index in [2.05, 4.69) is 9.88 Å². The minimum absolute atomic E-state index is 0.139. The molecule has 28 heavy (non-hydrogen) atoms. The maximum Gasteiger partial charge on any atom is 0.416 e. The highest BCUT2D eigenvalue weighted by Crippen LogP contribution is 2.29. The Kier molecular flexibility index (Phi) is 6.67. The van der Waals surface area contributed by atoms with Gasteiger partial charge in [0.05, 0.1) is 5.56 Å². The topological polar surface area (TPSA) is 36.4 Å². The summed E-state index contributed by atoms with van der Waals surface area (Å²) in [7, 11) is 0. The molecule has 2 heterocycles. The zero-order chi connectivity index (χ0) is 20.0. The van der Waals surface area contributed by atoms with Gasteiger partial charge in [-0.15, -0.1) is 0 Å². The van der Waals surface area contributed by atoms with Crippen molar-refractivity contribution in [1.29, 1.82) is 0 Å². The molecular formula is C21H24F3N3O. The molecule has 1 aromatic carbocycles. The average Bonchev–Trinajstić information content (AvgIpc) is 2.92. The second kappa shape index (κ2) is 9.19. The molecule has 0 atom stereocenters. The number of nitrogens with zero attached hydrogens (tertiary/aromatic N) is 3. The fourth-order valence-corrected chi connectivity index (χ4v) is 3.39. The van der Waals surface area contributed by atoms with Crippen molar-refractivity contribution in [2.75, 3.05) is 26.2 Å². The Bertz CT molecular complexity index is 763. The maximum absolute atomic E-state index is 12.7. The largest absolute Gasteiger partial charge is 0.416 e. The van der Waals surface area contributed by atoms with Crippen LogP contribution in [-0.2, 0) is 23.9 Å². The molecule has 2 aromatic rings. The molecule has 1 saturated heterocycles. The number of aryl methyl sites for hydroxylation is 1. The van der Waals surface area contributed by atoms with Crippen molar-refractivity contribution < 1.29 is 18.0 Å². The van der Waals surface area contributed by atoms with E-state index in [1.165, 1.54) is 12.1 Å². The van der Waals surface area contributed by atoms with Crippen LogP contribution < -0.4 is 0 Å².